The fourth-order valence-corrected chi connectivity index (χ4v) is 2.61. The summed E-state index contributed by atoms with van der Waals surface area (Å²) in [7, 11) is 0. The van der Waals surface area contributed by atoms with Crippen LogP contribution in [0.3, 0.4) is 0 Å². The van der Waals surface area contributed by atoms with Gasteiger partial charge in [0.15, 0.2) is 0 Å². The highest BCUT2D eigenvalue weighted by molar-refractivity contribution is 9.09. The molecule has 0 radical (unpaired) electrons. The number of halogens is 3. The largest absolute Gasteiger partial charge is 0.377 e. The number of carbonyl (C=O) groups is 1. The van der Waals surface area contributed by atoms with Gasteiger partial charge in [0.05, 0.1) is 24.2 Å². The lowest BCUT2D eigenvalue weighted by atomic mass is 10.1. The summed E-state index contributed by atoms with van der Waals surface area (Å²) in [5.74, 6) is -3.49. The van der Waals surface area contributed by atoms with Crippen molar-refractivity contribution in [3.05, 3.63) is 39.4 Å². The first-order valence-corrected chi connectivity index (χ1v) is 7.16. The predicted octanol–water partition coefficient (Wildman–Crippen LogP) is 2.11. The third-order valence-electron chi connectivity index (χ3n) is 3.15. The molecule has 0 saturated carbocycles. The first kappa shape index (κ1) is 15.8. The first-order chi connectivity index (χ1) is 9.97. The summed E-state index contributed by atoms with van der Waals surface area (Å²) in [6, 6.07) is 1.03. The van der Waals surface area contributed by atoms with Crippen LogP contribution in [0.5, 0.6) is 0 Å². The van der Waals surface area contributed by atoms with Gasteiger partial charge in [-0.1, -0.05) is 15.9 Å². The van der Waals surface area contributed by atoms with Crippen LogP contribution in [0.15, 0.2) is 12.1 Å². The smallest absolute Gasteiger partial charge is 0.305 e. The standard InChI is InChI=1S/C12H11BrF2N2O4/c13-5-7-6-21-4-3-16(7)12(18)10-8(14)1-2-9(11(10)15)17(19)20/h1-2,7H,3-6H2. The van der Waals surface area contributed by atoms with Crippen molar-refractivity contribution >= 4 is 27.5 Å². The minimum atomic E-state index is -1.45. The molecule has 1 aliphatic rings. The van der Waals surface area contributed by atoms with E-state index in [-0.39, 0.29) is 25.8 Å². The van der Waals surface area contributed by atoms with Crippen molar-refractivity contribution in [3.63, 3.8) is 0 Å². The van der Waals surface area contributed by atoms with Gasteiger partial charge in [-0.15, -0.1) is 0 Å². The van der Waals surface area contributed by atoms with Crippen molar-refractivity contribution in [1.82, 2.24) is 4.90 Å². The molecule has 1 heterocycles. The maximum Gasteiger partial charge on any atom is 0.305 e. The van der Waals surface area contributed by atoms with Crippen LogP contribution in [0.2, 0.25) is 0 Å². The lowest BCUT2D eigenvalue weighted by Crippen LogP contribution is -2.50. The molecule has 0 aliphatic carbocycles. The number of benzene rings is 1. The number of hydrogen-bond acceptors (Lipinski definition) is 4. The number of nitrogens with zero attached hydrogens (tertiary/aromatic N) is 2. The fourth-order valence-electron chi connectivity index (χ4n) is 2.07. The number of hydrogen-bond donors (Lipinski definition) is 0. The lowest BCUT2D eigenvalue weighted by molar-refractivity contribution is -0.387. The quantitative estimate of drug-likeness (QED) is 0.467. The van der Waals surface area contributed by atoms with Gasteiger partial charge in [0.2, 0.25) is 5.82 Å². The molecule has 1 aromatic carbocycles. The third-order valence-corrected chi connectivity index (χ3v) is 3.90. The van der Waals surface area contributed by atoms with Gasteiger partial charge in [-0.3, -0.25) is 14.9 Å². The van der Waals surface area contributed by atoms with Crippen LogP contribution < -0.4 is 0 Å². The number of morpholine rings is 1. The Hall–Kier alpha value is -1.61. The van der Waals surface area contributed by atoms with Crippen LogP contribution in [-0.4, -0.2) is 46.9 Å². The molecule has 1 aromatic rings. The van der Waals surface area contributed by atoms with Crippen molar-refractivity contribution in [1.29, 1.82) is 0 Å². The van der Waals surface area contributed by atoms with E-state index >= 15 is 0 Å². The van der Waals surface area contributed by atoms with E-state index < -0.39 is 33.7 Å². The Morgan fingerprint density at radius 1 is 1.52 bits per heavy atom. The molecular formula is C12H11BrF2N2O4. The maximum atomic E-state index is 14.0. The van der Waals surface area contributed by atoms with Gasteiger partial charge in [-0.05, 0) is 6.07 Å². The zero-order valence-corrected chi connectivity index (χ0v) is 12.3. The Morgan fingerprint density at radius 3 is 2.86 bits per heavy atom. The van der Waals surface area contributed by atoms with E-state index in [1.165, 1.54) is 4.90 Å². The molecule has 0 spiro atoms. The molecule has 9 heteroatoms. The van der Waals surface area contributed by atoms with Gasteiger partial charge >= 0.3 is 5.69 Å². The first-order valence-electron chi connectivity index (χ1n) is 6.04. The summed E-state index contributed by atoms with van der Waals surface area (Å²) in [6.07, 6.45) is 0. The average Bonchev–Trinajstić information content (AvgIpc) is 2.46. The van der Waals surface area contributed by atoms with E-state index in [2.05, 4.69) is 15.9 Å². The molecule has 6 nitrogen and oxygen atoms in total. The molecule has 0 aromatic heterocycles. The van der Waals surface area contributed by atoms with Gasteiger partial charge < -0.3 is 9.64 Å². The molecular weight excluding hydrogens is 354 g/mol. The van der Waals surface area contributed by atoms with Gasteiger partial charge in [0.1, 0.15) is 11.4 Å². The molecule has 2 rings (SSSR count). The highest BCUT2D eigenvalue weighted by Gasteiger charge is 2.33. The number of rotatable bonds is 3. The van der Waals surface area contributed by atoms with Crippen LogP contribution in [0.4, 0.5) is 14.5 Å². The van der Waals surface area contributed by atoms with Gasteiger partial charge in [-0.25, -0.2) is 4.39 Å². The highest BCUT2D eigenvalue weighted by atomic mass is 79.9. The Labute approximate surface area is 127 Å². The zero-order chi connectivity index (χ0) is 15.6. The lowest BCUT2D eigenvalue weighted by Gasteiger charge is -2.34. The van der Waals surface area contributed by atoms with Crippen molar-refractivity contribution < 1.29 is 23.2 Å². The molecule has 1 atom stereocenters. The van der Waals surface area contributed by atoms with Crippen molar-refractivity contribution in [2.45, 2.75) is 6.04 Å². The SMILES string of the molecule is O=C(c1c(F)ccc([N+](=O)[O-])c1F)N1CCOCC1CBr. The Balaban J connectivity index is 2.42. The topological polar surface area (TPSA) is 72.7 Å². The van der Waals surface area contributed by atoms with E-state index in [0.717, 1.165) is 6.07 Å². The second kappa shape index (κ2) is 6.44. The van der Waals surface area contributed by atoms with Crippen LogP contribution in [0.25, 0.3) is 0 Å². The van der Waals surface area contributed by atoms with Gasteiger partial charge in [0, 0.05) is 17.9 Å². The van der Waals surface area contributed by atoms with E-state index in [4.69, 9.17) is 4.74 Å². The minimum Gasteiger partial charge on any atom is -0.377 e. The Bertz CT molecular complexity index is 585. The van der Waals surface area contributed by atoms with E-state index in [1.54, 1.807) is 0 Å². The average molecular weight is 365 g/mol. The van der Waals surface area contributed by atoms with Crippen LogP contribution in [0, 0.1) is 21.7 Å². The number of nitro benzene ring substituents is 1. The molecule has 114 valence electrons. The number of amides is 1. The van der Waals surface area contributed by atoms with Crippen LogP contribution in [0.1, 0.15) is 10.4 Å². The van der Waals surface area contributed by atoms with Crippen LogP contribution >= 0.6 is 15.9 Å². The summed E-state index contributed by atoms with van der Waals surface area (Å²) < 4.78 is 33.0. The van der Waals surface area contributed by atoms with Gasteiger partial charge in [0.25, 0.3) is 5.91 Å². The van der Waals surface area contributed by atoms with E-state index in [1.807, 2.05) is 0 Å². The normalized spacial score (nSPS) is 18.6. The van der Waals surface area contributed by atoms with Crippen molar-refractivity contribution in [3.8, 4) is 0 Å². The van der Waals surface area contributed by atoms with E-state index in [9.17, 15) is 23.7 Å². The fraction of sp³-hybridized carbons (Fsp3) is 0.417. The predicted molar refractivity (Wildman–Crippen MR) is 72.4 cm³/mol. The summed E-state index contributed by atoms with van der Waals surface area (Å²) in [5, 5.41) is 11.1. The molecule has 0 bridgehead atoms. The number of carbonyl (C=O) groups excluding carboxylic acids is 1. The minimum absolute atomic E-state index is 0.163. The number of nitro groups is 1. The second-order valence-corrected chi connectivity index (χ2v) is 5.04. The Kier molecular flexibility index (Phi) is 4.84. The van der Waals surface area contributed by atoms with Crippen LogP contribution in [-0.2, 0) is 4.74 Å². The second-order valence-electron chi connectivity index (χ2n) is 4.39. The molecule has 1 amide bonds. The van der Waals surface area contributed by atoms with Crippen molar-refractivity contribution in [2.24, 2.45) is 0 Å². The Morgan fingerprint density at radius 2 is 2.24 bits per heavy atom. The molecule has 21 heavy (non-hydrogen) atoms. The summed E-state index contributed by atoms with van der Waals surface area (Å²) in [6.45, 7) is 0.638. The maximum absolute atomic E-state index is 14.0. The molecule has 1 aliphatic heterocycles. The summed E-state index contributed by atoms with van der Waals surface area (Å²) in [4.78, 5) is 23.3. The monoisotopic (exact) mass is 364 g/mol. The highest BCUT2D eigenvalue weighted by Crippen LogP contribution is 2.25. The number of alkyl halides is 1. The molecule has 1 unspecified atom stereocenters. The van der Waals surface area contributed by atoms with Gasteiger partial charge in [-0.2, -0.15) is 4.39 Å². The molecule has 0 N–H and O–H groups in total. The molecule has 1 saturated heterocycles. The molecule has 1 fully saturated rings. The summed E-state index contributed by atoms with van der Waals surface area (Å²) >= 11 is 3.20. The number of ether oxygens (including phenoxy) is 1. The summed E-state index contributed by atoms with van der Waals surface area (Å²) in [5.41, 5.74) is -1.83. The van der Waals surface area contributed by atoms with Crippen molar-refractivity contribution in [2.75, 3.05) is 25.1 Å². The third kappa shape index (κ3) is 3.03. The van der Waals surface area contributed by atoms with E-state index in [0.29, 0.717) is 11.4 Å². The zero-order valence-electron chi connectivity index (χ0n) is 10.7.